The van der Waals surface area contributed by atoms with Gasteiger partial charge >= 0.3 is 0 Å². The molecule has 11 heteroatoms. The van der Waals surface area contributed by atoms with Crippen molar-refractivity contribution in [3.05, 3.63) is 69.3 Å². The number of aromatic nitrogens is 1. The third kappa shape index (κ3) is 5.81. The van der Waals surface area contributed by atoms with Crippen molar-refractivity contribution in [1.82, 2.24) is 19.3 Å². The molecule has 0 aliphatic carbocycles. The predicted molar refractivity (Wildman–Crippen MR) is 144 cm³/mol. The fourth-order valence-corrected chi connectivity index (χ4v) is 5.09. The van der Waals surface area contributed by atoms with E-state index in [1.807, 2.05) is 12.1 Å². The van der Waals surface area contributed by atoms with Crippen LogP contribution in [0.25, 0.3) is 0 Å². The Morgan fingerprint density at radius 3 is 2.39 bits per heavy atom. The molecule has 9 nitrogen and oxygen atoms in total. The van der Waals surface area contributed by atoms with Crippen LogP contribution in [0.1, 0.15) is 21.5 Å². The molecular formula is C27H30Cl2N4O5. The molecule has 1 aromatic heterocycles. The lowest BCUT2D eigenvalue weighted by molar-refractivity contribution is 0.0782. The molecule has 1 fully saturated rings. The van der Waals surface area contributed by atoms with Crippen LogP contribution in [0.2, 0.25) is 10.0 Å². The fourth-order valence-electron chi connectivity index (χ4n) is 4.77. The minimum Gasteiger partial charge on any atom is -0.503 e. The highest BCUT2D eigenvalue weighted by atomic mass is 35.5. The molecule has 0 atom stereocenters. The van der Waals surface area contributed by atoms with Crippen LogP contribution in [-0.2, 0) is 19.6 Å². The number of benzene rings is 2. The summed E-state index contributed by atoms with van der Waals surface area (Å²) >= 11 is 12.0. The van der Waals surface area contributed by atoms with E-state index in [4.69, 9.17) is 32.7 Å². The molecule has 202 valence electrons. The van der Waals surface area contributed by atoms with E-state index in [0.29, 0.717) is 23.1 Å². The standard InChI is InChI=1S/C27H30Cl2N4O5/c1-30(14-18-2-4-21(28)22(29)12-18)26(35)20-16-33(27(36)25(20)34)11-10-31-6-8-32(9-7-31)15-19-3-5-23-24(13-19)38-17-37-23/h2-5,12-13,16,34,36H,6-11,14-15,17H2,1H3. The number of hydrogen-bond acceptors (Lipinski definition) is 7. The van der Waals surface area contributed by atoms with Gasteiger partial charge in [0.05, 0.1) is 10.0 Å². The Hall–Kier alpha value is -3.11. The summed E-state index contributed by atoms with van der Waals surface area (Å²) in [5.41, 5.74) is 2.05. The van der Waals surface area contributed by atoms with Crippen molar-refractivity contribution >= 4 is 29.1 Å². The Morgan fingerprint density at radius 1 is 0.921 bits per heavy atom. The van der Waals surface area contributed by atoms with E-state index in [1.54, 1.807) is 25.2 Å². The third-order valence-corrected chi connectivity index (χ3v) is 7.71. The van der Waals surface area contributed by atoms with Gasteiger partial charge in [-0.2, -0.15) is 0 Å². The summed E-state index contributed by atoms with van der Waals surface area (Å²) in [7, 11) is 1.63. The van der Waals surface area contributed by atoms with Crippen molar-refractivity contribution in [3.63, 3.8) is 0 Å². The monoisotopic (exact) mass is 560 g/mol. The molecule has 1 saturated heterocycles. The highest BCUT2D eigenvalue weighted by molar-refractivity contribution is 6.42. The zero-order chi connectivity index (χ0) is 26.8. The van der Waals surface area contributed by atoms with E-state index in [2.05, 4.69) is 15.9 Å². The Kier molecular flexibility index (Phi) is 7.90. The van der Waals surface area contributed by atoms with E-state index < -0.39 is 11.7 Å². The van der Waals surface area contributed by atoms with Gasteiger partial charge in [0, 0.05) is 65.6 Å². The molecule has 2 N–H and O–H groups in total. The van der Waals surface area contributed by atoms with Crippen LogP contribution in [0.15, 0.2) is 42.6 Å². The topological polar surface area (TPSA) is 90.6 Å². The minimum atomic E-state index is -0.412. The number of aromatic hydroxyl groups is 2. The van der Waals surface area contributed by atoms with Gasteiger partial charge < -0.3 is 29.2 Å². The smallest absolute Gasteiger partial charge is 0.259 e. The summed E-state index contributed by atoms with van der Waals surface area (Å²) in [4.78, 5) is 19.2. The van der Waals surface area contributed by atoms with Gasteiger partial charge in [0.1, 0.15) is 5.56 Å². The molecule has 3 aromatic rings. The van der Waals surface area contributed by atoms with Crippen LogP contribution in [0.5, 0.6) is 23.1 Å². The minimum absolute atomic E-state index is 0.0543. The number of piperazine rings is 1. The van der Waals surface area contributed by atoms with Crippen molar-refractivity contribution in [2.24, 2.45) is 0 Å². The molecule has 0 unspecified atom stereocenters. The number of halogens is 2. The zero-order valence-corrected chi connectivity index (χ0v) is 22.6. The number of nitrogens with zero attached hydrogens (tertiary/aromatic N) is 4. The van der Waals surface area contributed by atoms with Gasteiger partial charge in [-0.25, -0.2) is 0 Å². The normalized spacial score (nSPS) is 15.7. The van der Waals surface area contributed by atoms with E-state index >= 15 is 0 Å². The maximum absolute atomic E-state index is 13.0. The first-order valence-corrected chi connectivity index (χ1v) is 13.2. The molecule has 2 aliphatic heterocycles. The molecule has 0 bridgehead atoms. The highest BCUT2D eigenvalue weighted by Gasteiger charge is 2.24. The summed E-state index contributed by atoms with van der Waals surface area (Å²) in [5.74, 6) is 0.470. The number of carbonyl (C=O) groups is 1. The summed E-state index contributed by atoms with van der Waals surface area (Å²) in [6, 6.07) is 11.2. The zero-order valence-electron chi connectivity index (χ0n) is 21.1. The first kappa shape index (κ1) is 26.5. The Balaban J connectivity index is 1.12. The quantitative estimate of drug-likeness (QED) is 0.430. The number of hydrogen-bond donors (Lipinski definition) is 2. The number of rotatable bonds is 8. The van der Waals surface area contributed by atoms with Crippen LogP contribution in [0.4, 0.5) is 0 Å². The van der Waals surface area contributed by atoms with Gasteiger partial charge in [-0.1, -0.05) is 35.3 Å². The molecule has 3 heterocycles. The van der Waals surface area contributed by atoms with Gasteiger partial charge in [0.15, 0.2) is 17.2 Å². The molecule has 0 saturated carbocycles. The summed E-state index contributed by atoms with van der Waals surface area (Å²) in [6.45, 7) is 6.14. The average molecular weight is 561 g/mol. The first-order valence-electron chi connectivity index (χ1n) is 12.4. The van der Waals surface area contributed by atoms with E-state index in [0.717, 1.165) is 49.8 Å². The summed E-state index contributed by atoms with van der Waals surface area (Å²) in [5, 5.41) is 21.8. The molecule has 1 amide bonds. The van der Waals surface area contributed by atoms with Gasteiger partial charge in [0.2, 0.25) is 12.7 Å². The second-order valence-corrected chi connectivity index (χ2v) is 10.4. The van der Waals surface area contributed by atoms with Crippen molar-refractivity contribution < 1.29 is 24.5 Å². The van der Waals surface area contributed by atoms with Crippen LogP contribution in [0, 0.1) is 0 Å². The summed E-state index contributed by atoms with van der Waals surface area (Å²) < 4.78 is 12.4. The molecular weight excluding hydrogens is 531 g/mol. The van der Waals surface area contributed by atoms with Crippen LogP contribution in [0.3, 0.4) is 0 Å². The van der Waals surface area contributed by atoms with E-state index in [9.17, 15) is 15.0 Å². The van der Waals surface area contributed by atoms with Crippen molar-refractivity contribution in [3.8, 4) is 23.1 Å². The van der Waals surface area contributed by atoms with Crippen molar-refractivity contribution in [2.45, 2.75) is 19.6 Å². The van der Waals surface area contributed by atoms with Crippen molar-refractivity contribution in [1.29, 1.82) is 0 Å². The maximum Gasteiger partial charge on any atom is 0.259 e. The second-order valence-electron chi connectivity index (χ2n) is 9.62. The van der Waals surface area contributed by atoms with Crippen LogP contribution < -0.4 is 9.47 Å². The Morgan fingerprint density at radius 2 is 1.63 bits per heavy atom. The van der Waals surface area contributed by atoms with Gasteiger partial charge in [-0.3, -0.25) is 14.6 Å². The molecule has 5 rings (SSSR count). The number of amides is 1. The molecule has 2 aliphatic rings. The predicted octanol–water partition coefficient (Wildman–Crippen LogP) is 4.02. The van der Waals surface area contributed by atoms with Gasteiger partial charge in [0.25, 0.3) is 5.91 Å². The van der Waals surface area contributed by atoms with E-state index in [1.165, 1.54) is 21.2 Å². The average Bonchev–Trinajstić information content (AvgIpc) is 3.49. The third-order valence-electron chi connectivity index (χ3n) is 6.97. The fraction of sp³-hybridized carbons (Fsp3) is 0.370. The Labute approximate surface area is 231 Å². The number of ether oxygens (including phenoxy) is 2. The van der Waals surface area contributed by atoms with Crippen molar-refractivity contribution in [2.75, 3.05) is 46.6 Å². The SMILES string of the molecule is CN(Cc1ccc(Cl)c(Cl)c1)C(=O)c1cn(CCN2CCN(Cc3ccc4c(c3)OCO4)CC2)c(O)c1O. The lowest BCUT2D eigenvalue weighted by Crippen LogP contribution is -2.46. The molecule has 38 heavy (non-hydrogen) atoms. The number of carbonyl (C=O) groups excluding carboxylic acids is 1. The number of fused-ring (bicyclic) bond motifs is 1. The first-order chi connectivity index (χ1) is 18.3. The van der Waals surface area contributed by atoms with Crippen LogP contribution >= 0.6 is 23.2 Å². The lowest BCUT2D eigenvalue weighted by Gasteiger charge is -2.34. The molecule has 0 radical (unpaired) electrons. The van der Waals surface area contributed by atoms with E-state index in [-0.39, 0.29) is 24.8 Å². The Bertz CT molecular complexity index is 1320. The van der Waals surface area contributed by atoms with Gasteiger partial charge in [-0.15, -0.1) is 0 Å². The lowest BCUT2D eigenvalue weighted by atomic mass is 10.1. The summed E-state index contributed by atoms with van der Waals surface area (Å²) in [6.07, 6.45) is 1.51. The highest BCUT2D eigenvalue weighted by Crippen LogP contribution is 2.34. The van der Waals surface area contributed by atoms with Crippen LogP contribution in [-0.4, -0.2) is 82.0 Å². The molecule has 2 aromatic carbocycles. The maximum atomic E-state index is 13.0. The molecule has 0 spiro atoms. The van der Waals surface area contributed by atoms with Gasteiger partial charge in [-0.05, 0) is 35.4 Å². The second kappa shape index (κ2) is 11.3. The largest absolute Gasteiger partial charge is 0.503 e.